The normalized spacial score (nSPS) is 33.5. The van der Waals surface area contributed by atoms with Gasteiger partial charge < -0.3 is 27.4 Å². The van der Waals surface area contributed by atoms with Crippen LogP contribution in [0.2, 0.25) is 0 Å². The summed E-state index contributed by atoms with van der Waals surface area (Å²) in [7, 11) is 0. The minimum atomic E-state index is -1.05. The molecule has 9 N–H and O–H groups in total. The third-order valence-electron chi connectivity index (χ3n) is 5.01. The maximum absolute atomic E-state index is 12.8. The lowest BCUT2D eigenvalue weighted by Gasteiger charge is -2.33. The number of hydrogen-bond acceptors (Lipinski definition) is 10. The van der Waals surface area contributed by atoms with Crippen molar-refractivity contribution in [2.24, 2.45) is 33.5 Å². The third-order valence-corrected chi connectivity index (χ3v) is 5.95. The van der Waals surface area contributed by atoms with E-state index in [1.54, 1.807) is 0 Å². The van der Waals surface area contributed by atoms with Crippen LogP contribution in [0.25, 0.3) is 0 Å². The van der Waals surface area contributed by atoms with Crippen LogP contribution in [0, 0.1) is 0 Å². The standard InChI is InChI=1S/C14H25N9O3S/c1-3-5-14(16)6-13(15,4-2)10(26-14)22-8-7(27-12(22)25)9(24)23(18)11(19-8)20-21-17/h10-11,19H,3-6,15-16,18H2,1-2H3,(H2,17,20)/t10-,11?,13+,14-/m1/s1. The van der Waals surface area contributed by atoms with Crippen molar-refractivity contribution in [1.82, 2.24) is 9.58 Å². The molecule has 0 bridgehead atoms. The van der Waals surface area contributed by atoms with Gasteiger partial charge in [0.05, 0.1) is 5.54 Å². The molecule has 2 aliphatic rings. The Labute approximate surface area is 159 Å². The lowest BCUT2D eigenvalue weighted by molar-refractivity contribution is -0.0829. The zero-order chi connectivity index (χ0) is 20.0. The van der Waals surface area contributed by atoms with Crippen molar-refractivity contribution in [3.8, 4) is 0 Å². The maximum atomic E-state index is 12.8. The smallest absolute Gasteiger partial charge is 0.311 e. The van der Waals surface area contributed by atoms with Gasteiger partial charge in [-0.25, -0.2) is 10.9 Å². The van der Waals surface area contributed by atoms with Crippen molar-refractivity contribution in [2.75, 3.05) is 5.32 Å². The van der Waals surface area contributed by atoms with Gasteiger partial charge in [-0.3, -0.25) is 14.2 Å². The minimum Gasteiger partial charge on any atom is -0.335 e. The quantitative estimate of drug-likeness (QED) is 0.193. The van der Waals surface area contributed by atoms with E-state index >= 15 is 0 Å². The molecule has 12 nitrogen and oxygen atoms in total. The van der Waals surface area contributed by atoms with Gasteiger partial charge in [-0.05, 0) is 12.8 Å². The predicted molar refractivity (Wildman–Crippen MR) is 99.2 cm³/mol. The second kappa shape index (κ2) is 6.83. The Balaban J connectivity index is 2.10. The summed E-state index contributed by atoms with van der Waals surface area (Å²) < 4.78 is 7.42. The average Bonchev–Trinajstić information content (AvgIpc) is 3.07. The molecule has 3 heterocycles. The molecule has 1 aromatic rings. The number of hydrogen-bond donors (Lipinski definition) is 5. The minimum absolute atomic E-state index is 0.137. The van der Waals surface area contributed by atoms with Crippen LogP contribution >= 0.6 is 11.3 Å². The number of aromatic nitrogens is 1. The predicted octanol–water partition coefficient (Wildman–Crippen LogP) is -0.258. The van der Waals surface area contributed by atoms with Crippen LogP contribution < -0.4 is 33.3 Å². The van der Waals surface area contributed by atoms with Gasteiger partial charge in [0.25, 0.3) is 5.91 Å². The Morgan fingerprint density at radius 2 is 2.07 bits per heavy atom. The van der Waals surface area contributed by atoms with Crippen molar-refractivity contribution in [3.63, 3.8) is 0 Å². The first-order chi connectivity index (χ1) is 12.7. The third kappa shape index (κ3) is 3.10. The molecule has 3 rings (SSSR count). The SMILES string of the molecule is CCC[C@]1(N)C[C@@](N)(CC)[C@H](n2c3c(sc2=O)C(=O)N(N)C(N=NN)N3)O1. The summed E-state index contributed by atoms with van der Waals surface area (Å²) >= 11 is 0.754. The summed E-state index contributed by atoms with van der Waals surface area (Å²) in [6.45, 7) is 3.90. The Hall–Kier alpha value is -2.06. The summed E-state index contributed by atoms with van der Waals surface area (Å²) in [5, 5.41) is 10.6. The maximum Gasteiger partial charge on any atom is 0.311 e. The number of rotatable bonds is 5. The first kappa shape index (κ1) is 19.7. The van der Waals surface area contributed by atoms with E-state index in [4.69, 9.17) is 27.9 Å². The van der Waals surface area contributed by atoms with Gasteiger partial charge in [0.15, 0.2) is 6.23 Å². The molecule has 1 amide bonds. The van der Waals surface area contributed by atoms with E-state index in [1.165, 1.54) is 4.57 Å². The molecule has 1 saturated heterocycles. The van der Waals surface area contributed by atoms with Crippen molar-refractivity contribution >= 4 is 23.1 Å². The van der Waals surface area contributed by atoms with Gasteiger partial charge in [-0.1, -0.05) is 36.8 Å². The highest BCUT2D eigenvalue weighted by atomic mass is 32.1. The molecule has 0 saturated carbocycles. The summed E-state index contributed by atoms with van der Waals surface area (Å²) in [5.74, 6) is 10.5. The van der Waals surface area contributed by atoms with E-state index < -0.39 is 34.6 Å². The van der Waals surface area contributed by atoms with E-state index in [0.29, 0.717) is 19.3 Å². The fraction of sp³-hybridized carbons (Fsp3) is 0.714. The van der Waals surface area contributed by atoms with E-state index in [2.05, 4.69) is 15.7 Å². The molecule has 0 spiro atoms. The molecule has 150 valence electrons. The van der Waals surface area contributed by atoms with E-state index in [1.807, 2.05) is 13.8 Å². The number of nitrogens with one attached hydrogen (secondary N) is 1. The summed E-state index contributed by atoms with van der Waals surface area (Å²) in [6.07, 6.45) is 0.416. The van der Waals surface area contributed by atoms with Crippen LogP contribution in [0.1, 0.15) is 55.4 Å². The second-order valence-corrected chi connectivity index (χ2v) is 7.89. The fourth-order valence-electron chi connectivity index (χ4n) is 3.65. The molecule has 1 unspecified atom stereocenters. The average molecular weight is 399 g/mol. The second-order valence-electron chi connectivity index (χ2n) is 6.93. The lowest BCUT2D eigenvalue weighted by atomic mass is 9.88. The molecule has 0 aliphatic carbocycles. The van der Waals surface area contributed by atoms with Crippen LogP contribution in [-0.4, -0.2) is 33.0 Å². The largest absolute Gasteiger partial charge is 0.335 e. The van der Waals surface area contributed by atoms with E-state index in [0.717, 1.165) is 22.8 Å². The Kier molecular flexibility index (Phi) is 4.98. The molecule has 0 aromatic carbocycles. The number of hydrazine groups is 1. The molecular formula is C14H25N9O3S. The Bertz CT molecular complexity index is 823. The van der Waals surface area contributed by atoms with Crippen molar-refractivity contribution in [1.29, 1.82) is 0 Å². The number of nitrogens with two attached hydrogens (primary N) is 4. The highest BCUT2D eigenvalue weighted by molar-refractivity contribution is 7.12. The molecule has 1 aromatic heterocycles. The van der Waals surface area contributed by atoms with Crippen LogP contribution in [0.4, 0.5) is 5.82 Å². The van der Waals surface area contributed by atoms with E-state index in [-0.39, 0.29) is 10.7 Å². The molecular weight excluding hydrogens is 374 g/mol. The summed E-state index contributed by atoms with van der Waals surface area (Å²) in [5.41, 5.74) is 11.1. The highest BCUT2D eigenvalue weighted by Gasteiger charge is 2.53. The molecule has 27 heavy (non-hydrogen) atoms. The molecule has 4 atom stereocenters. The monoisotopic (exact) mass is 399 g/mol. The van der Waals surface area contributed by atoms with Crippen LogP contribution in [0.3, 0.4) is 0 Å². The molecule has 2 aliphatic heterocycles. The molecule has 13 heteroatoms. The number of nitrogens with zero attached hydrogens (tertiary/aromatic N) is 4. The van der Waals surface area contributed by atoms with Gasteiger partial charge in [-0.2, -0.15) is 0 Å². The van der Waals surface area contributed by atoms with Crippen LogP contribution in [0.15, 0.2) is 15.1 Å². The Morgan fingerprint density at radius 1 is 1.37 bits per heavy atom. The zero-order valence-electron chi connectivity index (χ0n) is 15.2. The molecule has 1 fully saturated rings. The number of fused-ring (bicyclic) bond motifs is 1. The number of amides is 1. The highest BCUT2D eigenvalue weighted by Crippen LogP contribution is 2.45. The van der Waals surface area contributed by atoms with Crippen molar-refractivity contribution < 1.29 is 9.53 Å². The summed E-state index contributed by atoms with van der Waals surface area (Å²) in [4.78, 5) is 25.0. The van der Waals surface area contributed by atoms with Gasteiger partial charge in [0.1, 0.15) is 16.4 Å². The number of carbonyl (C=O) groups excluding carboxylic acids is 1. The number of carbonyl (C=O) groups is 1. The topological polar surface area (TPSA) is 192 Å². The van der Waals surface area contributed by atoms with Crippen LogP contribution in [0.5, 0.6) is 0 Å². The van der Waals surface area contributed by atoms with Crippen molar-refractivity contribution in [2.45, 2.75) is 63.3 Å². The first-order valence-electron chi connectivity index (χ1n) is 8.65. The lowest BCUT2D eigenvalue weighted by Crippen LogP contribution is -2.53. The van der Waals surface area contributed by atoms with Gasteiger partial charge in [-0.15, -0.1) is 5.11 Å². The number of thiazole rings is 1. The fourth-order valence-corrected chi connectivity index (χ4v) is 4.56. The molecule has 0 radical (unpaired) electrons. The summed E-state index contributed by atoms with van der Waals surface area (Å²) in [6, 6.07) is 0. The van der Waals surface area contributed by atoms with Crippen LogP contribution in [-0.2, 0) is 4.74 Å². The van der Waals surface area contributed by atoms with Gasteiger partial charge >= 0.3 is 4.87 Å². The van der Waals surface area contributed by atoms with Gasteiger partial charge in [0, 0.05) is 6.42 Å². The van der Waals surface area contributed by atoms with Crippen molar-refractivity contribution in [3.05, 3.63) is 14.5 Å². The number of ether oxygens (including phenoxy) is 1. The first-order valence-corrected chi connectivity index (χ1v) is 9.47. The zero-order valence-corrected chi connectivity index (χ0v) is 16.0. The Morgan fingerprint density at radius 3 is 2.67 bits per heavy atom. The van der Waals surface area contributed by atoms with Gasteiger partial charge in [0.2, 0.25) is 6.29 Å². The van der Waals surface area contributed by atoms with E-state index in [9.17, 15) is 9.59 Å². The number of anilines is 1.